The van der Waals surface area contributed by atoms with Gasteiger partial charge in [0.05, 0.1) is 0 Å². The molecule has 0 radical (unpaired) electrons. The van der Waals surface area contributed by atoms with Crippen molar-refractivity contribution in [2.24, 2.45) is 29.0 Å². The summed E-state index contributed by atoms with van der Waals surface area (Å²) in [5.74, 6) is -6.62. The summed E-state index contributed by atoms with van der Waals surface area (Å²) in [5, 5.41) is 32.6. The van der Waals surface area contributed by atoms with Crippen LogP contribution in [-0.4, -0.2) is 124 Å². The third kappa shape index (κ3) is 18.1. The number of amides is 6. The highest BCUT2D eigenvalue weighted by Gasteiger charge is 2.40. The van der Waals surface area contributed by atoms with Gasteiger partial charge in [-0.3, -0.25) is 33.6 Å². The minimum Gasteiger partial charge on any atom is -0.480 e. The van der Waals surface area contributed by atoms with Crippen molar-refractivity contribution >= 4 is 47.4 Å². The SMILES string of the molecule is CC[C@H](C)[C@H](NC(=O)[C@H](CC(C)C)NC(=O)CCC(N)C(=O)O)C(=O)N[C@@H](CCCCN)C(=O)N[C@@H](CCCCN)C(=O)N1CCC[C@H]1C(=O)N[C@@H](Cc1ccccc1)C(=O)O. The molecule has 13 N–H and O–H groups in total. The first-order valence-corrected chi connectivity index (χ1v) is 21.9. The first-order chi connectivity index (χ1) is 29.4. The number of carboxylic acids is 2. The van der Waals surface area contributed by atoms with Crippen molar-refractivity contribution < 1.29 is 48.6 Å². The van der Waals surface area contributed by atoms with Crippen LogP contribution in [0.1, 0.15) is 110 Å². The fraction of sp³-hybridized carbons (Fsp3) is 0.674. The van der Waals surface area contributed by atoms with E-state index < -0.39 is 95.6 Å². The normalized spacial score (nSPS) is 17.1. The van der Waals surface area contributed by atoms with Gasteiger partial charge in [-0.05, 0) is 94.7 Å². The second kappa shape index (κ2) is 27.7. The van der Waals surface area contributed by atoms with Crippen molar-refractivity contribution in [3.05, 3.63) is 35.9 Å². The van der Waals surface area contributed by atoms with E-state index in [1.165, 1.54) is 4.90 Å². The van der Waals surface area contributed by atoms with Gasteiger partial charge in [0.2, 0.25) is 35.4 Å². The molecule has 1 unspecified atom stereocenters. The van der Waals surface area contributed by atoms with Crippen LogP contribution in [0.2, 0.25) is 0 Å². The van der Waals surface area contributed by atoms with Gasteiger partial charge < -0.3 is 58.9 Å². The van der Waals surface area contributed by atoms with Crippen LogP contribution in [-0.2, 0) is 44.8 Å². The highest BCUT2D eigenvalue weighted by molar-refractivity contribution is 5.97. The van der Waals surface area contributed by atoms with Gasteiger partial charge >= 0.3 is 11.9 Å². The Morgan fingerprint density at radius 1 is 0.726 bits per heavy atom. The van der Waals surface area contributed by atoms with Crippen LogP contribution in [0.5, 0.6) is 0 Å². The molecule has 62 heavy (non-hydrogen) atoms. The molecule has 6 amide bonds. The summed E-state index contributed by atoms with van der Waals surface area (Å²) in [6, 6.07) is 0.942. The number of hydrogen-bond donors (Lipinski definition) is 10. The number of carbonyl (C=O) groups is 8. The lowest BCUT2D eigenvalue weighted by molar-refractivity contribution is -0.145. The highest BCUT2D eigenvalue weighted by Crippen LogP contribution is 2.21. The molecule has 19 heteroatoms. The Bertz CT molecular complexity index is 1630. The van der Waals surface area contributed by atoms with Gasteiger partial charge in [0.1, 0.15) is 42.3 Å². The number of likely N-dealkylation sites (tertiary alicyclic amines) is 1. The Balaban J connectivity index is 2.31. The lowest BCUT2D eigenvalue weighted by Gasteiger charge is -2.31. The molecular formula is C43H71N9O10. The van der Waals surface area contributed by atoms with E-state index in [0.717, 1.165) is 0 Å². The Morgan fingerprint density at radius 3 is 1.89 bits per heavy atom. The molecule has 348 valence electrons. The fourth-order valence-electron chi connectivity index (χ4n) is 7.20. The molecule has 0 saturated carbocycles. The first kappa shape index (κ1) is 53.0. The zero-order chi connectivity index (χ0) is 46.4. The quantitative estimate of drug-likeness (QED) is 0.0484. The second-order valence-corrected chi connectivity index (χ2v) is 16.6. The van der Waals surface area contributed by atoms with Gasteiger partial charge in [0.15, 0.2) is 0 Å². The zero-order valence-electron chi connectivity index (χ0n) is 36.7. The van der Waals surface area contributed by atoms with Crippen molar-refractivity contribution in [2.75, 3.05) is 19.6 Å². The number of unbranched alkanes of at least 4 members (excludes halogenated alkanes) is 2. The molecule has 1 aliphatic rings. The highest BCUT2D eigenvalue weighted by atomic mass is 16.4. The number of nitrogens with two attached hydrogens (primary N) is 3. The third-order valence-electron chi connectivity index (χ3n) is 11.0. The average Bonchev–Trinajstić information content (AvgIpc) is 3.73. The summed E-state index contributed by atoms with van der Waals surface area (Å²) < 4.78 is 0. The topological polar surface area (TPSA) is 318 Å². The number of carbonyl (C=O) groups excluding carboxylic acids is 6. The molecule has 1 aromatic rings. The van der Waals surface area contributed by atoms with E-state index in [-0.39, 0.29) is 51.0 Å². The molecule has 0 aromatic heterocycles. The Hall–Kier alpha value is -5.14. The molecule has 2 rings (SSSR count). The van der Waals surface area contributed by atoms with E-state index in [9.17, 15) is 43.5 Å². The zero-order valence-corrected chi connectivity index (χ0v) is 36.7. The minimum atomic E-state index is -1.26. The van der Waals surface area contributed by atoms with Crippen LogP contribution in [0.3, 0.4) is 0 Å². The summed E-state index contributed by atoms with van der Waals surface area (Å²) in [4.78, 5) is 107. The number of hydrogen-bond acceptors (Lipinski definition) is 11. The second-order valence-electron chi connectivity index (χ2n) is 16.6. The maximum Gasteiger partial charge on any atom is 0.326 e. The number of rotatable bonds is 29. The molecule has 0 bridgehead atoms. The lowest BCUT2D eigenvalue weighted by atomic mass is 9.96. The molecular weight excluding hydrogens is 803 g/mol. The Morgan fingerprint density at radius 2 is 1.32 bits per heavy atom. The maximum atomic E-state index is 14.3. The monoisotopic (exact) mass is 874 g/mol. The lowest BCUT2D eigenvalue weighted by Crippen LogP contribution is -2.60. The molecule has 0 aliphatic carbocycles. The van der Waals surface area contributed by atoms with Crippen LogP contribution in [0.15, 0.2) is 30.3 Å². The standard InChI is InChI=1S/C43H71N9O10/c1-5-27(4)36(51-38(55)32(24-26(2)3)47-35(53)20-19-29(46)42(59)60)40(57)48-30(16-9-11-21-44)37(54)49-31(17-10-12-22-45)41(58)52-23-13-18-34(52)39(56)50-33(43(61)62)25-28-14-7-6-8-15-28/h6-8,14-15,26-27,29-34,36H,5,9-13,16-25,44-46H2,1-4H3,(H,47,53)(H,48,57)(H,49,54)(H,50,56)(H,51,55)(H,59,60)(H,61,62)/t27-,29?,30-,31-,32-,33-,34-,36-/m0/s1. The minimum absolute atomic E-state index is 0.0417. The summed E-state index contributed by atoms with van der Waals surface area (Å²) in [7, 11) is 0. The van der Waals surface area contributed by atoms with E-state index in [1.54, 1.807) is 37.3 Å². The van der Waals surface area contributed by atoms with Gasteiger partial charge in [-0.25, -0.2) is 4.79 Å². The van der Waals surface area contributed by atoms with E-state index in [2.05, 4.69) is 26.6 Å². The third-order valence-corrected chi connectivity index (χ3v) is 11.0. The predicted octanol–water partition coefficient (Wildman–Crippen LogP) is 0.271. The number of benzene rings is 1. The van der Waals surface area contributed by atoms with Gasteiger partial charge in [0, 0.05) is 19.4 Å². The van der Waals surface area contributed by atoms with Gasteiger partial charge in [-0.2, -0.15) is 0 Å². The van der Waals surface area contributed by atoms with Gasteiger partial charge in [0.25, 0.3) is 0 Å². The summed E-state index contributed by atoms with van der Waals surface area (Å²) in [6.45, 7) is 8.16. The molecule has 1 saturated heterocycles. The smallest absolute Gasteiger partial charge is 0.326 e. The van der Waals surface area contributed by atoms with Gasteiger partial charge in [-0.1, -0.05) is 64.4 Å². The number of nitrogens with one attached hydrogen (secondary N) is 5. The molecule has 1 aliphatic heterocycles. The summed E-state index contributed by atoms with van der Waals surface area (Å²) in [6.07, 6.45) is 3.42. The largest absolute Gasteiger partial charge is 0.480 e. The number of carboxylic acid groups (broad SMARTS) is 2. The van der Waals surface area contributed by atoms with Crippen molar-refractivity contribution in [1.29, 1.82) is 0 Å². The summed E-state index contributed by atoms with van der Waals surface area (Å²) >= 11 is 0. The maximum absolute atomic E-state index is 14.3. The molecule has 0 spiro atoms. The molecule has 8 atom stereocenters. The van der Waals surface area contributed by atoms with E-state index in [4.69, 9.17) is 22.3 Å². The molecule has 1 aromatic carbocycles. The predicted molar refractivity (Wildman–Crippen MR) is 232 cm³/mol. The Kier molecular flexibility index (Phi) is 23.7. The van der Waals surface area contributed by atoms with Gasteiger partial charge in [-0.15, -0.1) is 0 Å². The van der Waals surface area contributed by atoms with Crippen LogP contribution in [0, 0.1) is 11.8 Å². The fourth-order valence-corrected chi connectivity index (χ4v) is 7.20. The van der Waals surface area contributed by atoms with E-state index >= 15 is 0 Å². The van der Waals surface area contributed by atoms with Crippen LogP contribution in [0.4, 0.5) is 0 Å². The molecule has 1 heterocycles. The number of aliphatic carboxylic acids is 2. The molecule has 19 nitrogen and oxygen atoms in total. The Labute approximate surface area is 364 Å². The average molecular weight is 874 g/mol. The van der Waals surface area contributed by atoms with Crippen molar-refractivity contribution in [3.8, 4) is 0 Å². The van der Waals surface area contributed by atoms with E-state index in [0.29, 0.717) is 63.6 Å². The van der Waals surface area contributed by atoms with E-state index in [1.807, 2.05) is 20.8 Å². The van der Waals surface area contributed by atoms with Crippen molar-refractivity contribution in [3.63, 3.8) is 0 Å². The summed E-state index contributed by atoms with van der Waals surface area (Å²) in [5.41, 5.74) is 17.8. The number of nitrogens with zero attached hydrogens (tertiary/aromatic N) is 1. The van der Waals surface area contributed by atoms with Crippen LogP contribution < -0.4 is 43.8 Å². The first-order valence-electron chi connectivity index (χ1n) is 21.9. The van der Waals surface area contributed by atoms with Crippen molar-refractivity contribution in [1.82, 2.24) is 31.5 Å². The van der Waals surface area contributed by atoms with Crippen molar-refractivity contribution in [2.45, 2.75) is 153 Å². The van der Waals surface area contributed by atoms with Crippen LogP contribution >= 0.6 is 0 Å². The molecule has 1 fully saturated rings. The van der Waals surface area contributed by atoms with Crippen LogP contribution in [0.25, 0.3) is 0 Å².